The summed E-state index contributed by atoms with van der Waals surface area (Å²) >= 11 is 0. The second-order valence-electron chi connectivity index (χ2n) is 4.56. The van der Waals surface area contributed by atoms with Crippen molar-refractivity contribution < 1.29 is 18.0 Å². The van der Waals surface area contributed by atoms with Gasteiger partial charge in [-0.25, -0.2) is 0 Å². The molecule has 1 heterocycles. The molecule has 20 heavy (non-hydrogen) atoms. The van der Waals surface area contributed by atoms with Crippen LogP contribution in [-0.4, -0.2) is 25.0 Å². The molecule has 1 aromatic carbocycles. The van der Waals surface area contributed by atoms with Gasteiger partial charge in [0, 0.05) is 12.6 Å². The second-order valence-corrected chi connectivity index (χ2v) is 4.56. The van der Waals surface area contributed by atoms with Gasteiger partial charge in [0.2, 0.25) is 0 Å². The lowest BCUT2D eigenvalue weighted by Gasteiger charge is -2.24. The van der Waals surface area contributed by atoms with Crippen molar-refractivity contribution in [2.24, 2.45) is 0 Å². The van der Waals surface area contributed by atoms with E-state index in [9.17, 15) is 18.0 Å². The highest BCUT2D eigenvalue weighted by Crippen LogP contribution is 2.31. The van der Waals surface area contributed by atoms with Crippen molar-refractivity contribution in [3.63, 3.8) is 0 Å². The Kier molecular flexibility index (Phi) is 5.83. The van der Waals surface area contributed by atoms with Crippen molar-refractivity contribution in [2.75, 3.05) is 13.1 Å². The van der Waals surface area contributed by atoms with E-state index in [1.54, 1.807) is 0 Å². The molecule has 0 spiro atoms. The summed E-state index contributed by atoms with van der Waals surface area (Å²) in [7, 11) is 0. The third-order valence-electron chi connectivity index (χ3n) is 3.11. The number of amides is 1. The molecule has 112 valence electrons. The lowest BCUT2D eigenvalue weighted by Crippen LogP contribution is -2.45. The zero-order valence-electron chi connectivity index (χ0n) is 10.7. The maximum absolute atomic E-state index is 12.8. The fourth-order valence-electron chi connectivity index (χ4n) is 2.17. The molecule has 1 saturated heterocycles. The van der Waals surface area contributed by atoms with E-state index in [4.69, 9.17) is 0 Å². The summed E-state index contributed by atoms with van der Waals surface area (Å²) in [5.41, 5.74) is -1.21. The fraction of sp³-hybridized carbons (Fsp3) is 0.462. The van der Waals surface area contributed by atoms with Crippen molar-refractivity contribution in [2.45, 2.75) is 25.1 Å². The van der Waals surface area contributed by atoms with E-state index in [2.05, 4.69) is 10.6 Å². The van der Waals surface area contributed by atoms with E-state index < -0.39 is 17.6 Å². The van der Waals surface area contributed by atoms with Crippen LogP contribution in [0.3, 0.4) is 0 Å². The molecule has 1 aliphatic heterocycles. The van der Waals surface area contributed by atoms with Crippen LogP contribution in [-0.2, 0) is 6.18 Å². The van der Waals surface area contributed by atoms with Gasteiger partial charge in [0.15, 0.2) is 0 Å². The average Bonchev–Trinajstić information content (AvgIpc) is 2.39. The maximum atomic E-state index is 12.8. The summed E-state index contributed by atoms with van der Waals surface area (Å²) in [5.74, 6) is -0.665. The molecule has 1 aliphatic rings. The Bertz CT molecular complexity index is 459. The number of benzene rings is 1. The van der Waals surface area contributed by atoms with E-state index in [-0.39, 0.29) is 24.0 Å². The van der Waals surface area contributed by atoms with E-state index in [1.807, 2.05) is 0 Å². The molecule has 0 aromatic heterocycles. The lowest BCUT2D eigenvalue weighted by molar-refractivity contribution is -0.137. The molecule has 2 N–H and O–H groups in total. The van der Waals surface area contributed by atoms with Gasteiger partial charge in [-0.2, -0.15) is 13.2 Å². The molecule has 1 fully saturated rings. The van der Waals surface area contributed by atoms with Crippen LogP contribution in [0, 0.1) is 0 Å². The number of hydrogen-bond acceptors (Lipinski definition) is 2. The van der Waals surface area contributed by atoms with Crippen LogP contribution in [0.25, 0.3) is 0 Å². The van der Waals surface area contributed by atoms with Gasteiger partial charge < -0.3 is 10.6 Å². The van der Waals surface area contributed by atoms with Gasteiger partial charge in [0.1, 0.15) is 0 Å². The molecule has 0 aliphatic carbocycles. The third-order valence-corrected chi connectivity index (χ3v) is 3.11. The van der Waals surface area contributed by atoms with Crippen LogP contribution in [0.2, 0.25) is 0 Å². The SMILES string of the molecule is Cl.O=C(N[C@H]1CCCNC1)c1ccccc1C(F)(F)F. The first-order valence-corrected chi connectivity index (χ1v) is 6.16. The van der Waals surface area contributed by atoms with Crippen LogP contribution >= 0.6 is 12.4 Å². The summed E-state index contributed by atoms with van der Waals surface area (Å²) in [6, 6.07) is 4.73. The minimum Gasteiger partial charge on any atom is -0.348 e. The van der Waals surface area contributed by atoms with Crippen molar-refractivity contribution in [1.29, 1.82) is 0 Å². The van der Waals surface area contributed by atoms with E-state index in [0.717, 1.165) is 25.5 Å². The highest BCUT2D eigenvalue weighted by molar-refractivity contribution is 5.96. The summed E-state index contributed by atoms with van der Waals surface area (Å²) < 4.78 is 38.4. The van der Waals surface area contributed by atoms with E-state index in [0.29, 0.717) is 6.54 Å². The summed E-state index contributed by atoms with van der Waals surface area (Å²) in [4.78, 5) is 11.9. The lowest BCUT2D eigenvalue weighted by atomic mass is 10.0. The minimum absolute atomic E-state index is 0. The maximum Gasteiger partial charge on any atom is 0.417 e. The molecule has 3 nitrogen and oxygen atoms in total. The van der Waals surface area contributed by atoms with Gasteiger partial charge in [-0.3, -0.25) is 4.79 Å². The third kappa shape index (κ3) is 4.11. The van der Waals surface area contributed by atoms with Crippen LogP contribution in [0.4, 0.5) is 13.2 Å². The van der Waals surface area contributed by atoms with Gasteiger partial charge in [-0.1, -0.05) is 12.1 Å². The normalized spacial score (nSPS) is 19.1. The number of carbonyl (C=O) groups excluding carboxylic acids is 1. The standard InChI is InChI=1S/C13H15F3N2O.ClH/c14-13(15,16)11-6-2-1-5-10(11)12(19)18-9-4-3-7-17-8-9;/h1-2,5-6,9,17H,3-4,7-8H2,(H,18,19);1H/t9-;/m0./s1. The van der Waals surface area contributed by atoms with Crippen LogP contribution in [0.1, 0.15) is 28.8 Å². The summed E-state index contributed by atoms with van der Waals surface area (Å²) in [6.07, 6.45) is -2.82. The molecule has 1 amide bonds. The van der Waals surface area contributed by atoms with Crippen molar-refractivity contribution in [1.82, 2.24) is 10.6 Å². The largest absolute Gasteiger partial charge is 0.417 e. The second kappa shape index (κ2) is 6.95. The summed E-state index contributed by atoms with van der Waals surface area (Å²) in [5, 5.41) is 5.75. The van der Waals surface area contributed by atoms with Gasteiger partial charge in [-0.05, 0) is 31.5 Å². The predicted molar refractivity (Wildman–Crippen MR) is 72.0 cm³/mol. The average molecular weight is 309 g/mol. The molecular formula is C13H16ClF3N2O. The van der Waals surface area contributed by atoms with E-state index >= 15 is 0 Å². The molecular weight excluding hydrogens is 293 g/mol. The molecule has 7 heteroatoms. The molecule has 1 atom stereocenters. The van der Waals surface area contributed by atoms with Crippen LogP contribution < -0.4 is 10.6 Å². The first kappa shape index (κ1) is 16.8. The Balaban J connectivity index is 0.00000200. The number of alkyl halides is 3. The van der Waals surface area contributed by atoms with Crippen molar-refractivity contribution >= 4 is 18.3 Å². The topological polar surface area (TPSA) is 41.1 Å². The Morgan fingerprint density at radius 2 is 2.00 bits per heavy atom. The number of halogens is 4. The summed E-state index contributed by atoms with van der Waals surface area (Å²) in [6.45, 7) is 1.48. The van der Waals surface area contributed by atoms with Gasteiger partial charge >= 0.3 is 6.18 Å². The van der Waals surface area contributed by atoms with Crippen molar-refractivity contribution in [3.05, 3.63) is 35.4 Å². The van der Waals surface area contributed by atoms with Gasteiger partial charge in [-0.15, -0.1) is 12.4 Å². The smallest absolute Gasteiger partial charge is 0.348 e. The Morgan fingerprint density at radius 1 is 1.30 bits per heavy atom. The molecule has 2 rings (SSSR count). The first-order chi connectivity index (χ1) is 8.98. The highest BCUT2D eigenvalue weighted by Gasteiger charge is 2.35. The minimum atomic E-state index is -4.52. The van der Waals surface area contributed by atoms with Crippen LogP contribution in [0.15, 0.2) is 24.3 Å². The Labute approximate surface area is 121 Å². The first-order valence-electron chi connectivity index (χ1n) is 6.16. The number of carbonyl (C=O) groups is 1. The predicted octanol–water partition coefficient (Wildman–Crippen LogP) is 2.61. The number of nitrogens with one attached hydrogen (secondary N) is 2. The molecule has 0 radical (unpaired) electrons. The number of hydrogen-bond donors (Lipinski definition) is 2. The highest BCUT2D eigenvalue weighted by atomic mass is 35.5. The van der Waals surface area contributed by atoms with Crippen LogP contribution in [0.5, 0.6) is 0 Å². The zero-order valence-corrected chi connectivity index (χ0v) is 11.5. The Hall–Kier alpha value is -1.27. The van der Waals surface area contributed by atoms with Gasteiger partial charge in [0.05, 0.1) is 11.1 Å². The van der Waals surface area contributed by atoms with Gasteiger partial charge in [0.25, 0.3) is 5.91 Å². The molecule has 0 bridgehead atoms. The Morgan fingerprint density at radius 3 is 2.60 bits per heavy atom. The number of piperidine rings is 1. The quantitative estimate of drug-likeness (QED) is 0.882. The zero-order chi connectivity index (χ0) is 13.9. The monoisotopic (exact) mass is 308 g/mol. The van der Waals surface area contributed by atoms with Crippen molar-refractivity contribution in [3.8, 4) is 0 Å². The molecule has 0 saturated carbocycles. The molecule has 1 aromatic rings. The molecule has 0 unspecified atom stereocenters. The fourth-order valence-corrected chi connectivity index (χ4v) is 2.17. The number of rotatable bonds is 2. The van der Waals surface area contributed by atoms with E-state index in [1.165, 1.54) is 18.2 Å².